The molecule has 0 unspecified atom stereocenters. The molecule has 0 aromatic carbocycles. The van der Waals surface area contributed by atoms with Crippen molar-refractivity contribution in [3.63, 3.8) is 0 Å². The molecule has 0 aliphatic heterocycles. The van der Waals surface area contributed by atoms with Crippen LogP contribution in [0.15, 0.2) is 0 Å². The van der Waals surface area contributed by atoms with E-state index in [2.05, 4.69) is 15.6 Å². The van der Waals surface area contributed by atoms with E-state index >= 15 is 0 Å². The van der Waals surface area contributed by atoms with Crippen molar-refractivity contribution in [1.29, 1.82) is 0 Å². The van der Waals surface area contributed by atoms with Crippen LogP contribution in [-0.2, 0) is 29.5 Å². The Morgan fingerprint density at radius 3 is 1.26 bits per heavy atom. The molecule has 0 amide bonds. The van der Waals surface area contributed by atoms with Crippen molar-refractivity contribution in [3.8, 4) is 0 Å². The predicted octanol–water partition coefficient (Wildman–Crippen LogP) is 3.03. The zero-order valence-corrected chi connectivity index (χ0v) is 17.6. The third kappa shape index (κ3) is 31.1. The van der Waals surface area contributed by atoms with Gasteiger partial charge in [0.05, 0.1) is 0 Å². The minimum atomic E-state index is -5.02. The summed E-state index contributed by atoms with van der Waals surface area (Å²) in [5.41, 5.74) is 0. The van der Waals surface area contributed by atoms with E-state index in [-0.39, 0.29) is 0 Å². The Morgan fingerprint density at radius 1 is 0.696 bits per heavy atom. The quantitative estimate of drug-likeness (QED) is 0.163. The standard InChI is InChI=1S/C12H25.Na.H2O8S2/c1-3-5-7-9-11-12-10-8-6-4-2;;1-9(2,3)7-8-10(4,5)6/h1,3-12H2,2H3;;(H,1,2,3)(H,4,5,6). The van der Waals surface area contributed by atoms with Crippen molar-refractivity contribution in [1.82, 2.24) is 0 Å². The molecule has 11 heteroatoms. The van der Waals surface area contributed by atoms with E-state index in [1.54, 1.807) is 0 Å². The van der Waals surface area contributed by atoms with Crippen LogP contribution in [0.1, 0.15) is 71.1 Å². The summed E-state index contributed by atoms with van der Waals surface area (Å²) in [7, 11) is -10.0. The smallest absolute Gasteiger partial charge is 0.262 e. The minimum absolute atomic E-state index is 1.38. The van der Waals surface area contributed by atoms with Crippen LogP contribution in [0.5, 0.6) is 0 Å². The van der Waals surface area contributed by atoms with Crippen molar-refractivity contribution in [2.24, 2.45) is 0 Å². The second-order valence-corrected chi connectivity index (χ2v) is 8.16. The van der Waals surface area contributed by atoms with Crippen LogP contribution in [0.4, 0.5) is 0 Å². The molecule has 0 saturated heterocycles. The first-order valence-electron chi connectivity index (χ1n) is 7.95. The SMILES string of the molecule is CCCCCCCCCCC[CH2][Na].O=S(=O)(O)OOS(=O)(=O)O. The van der Waals surface area contributed by atoms with Gasteiger partial charge in [-0.15, -0.1) is 0 Å². The Bertz CT molecular complexity index is 408. The largest absolute Gasteiger partial charge is 0.425 e. The van der Waals surface area contributed by atoms with Gasteiger partial charge in [0.1, 0.15) is 0 Å². The summed E-state index contributed by atoms with van der Waals surface area (Å²) in [5, 5.41) is 0. The normalized spacial score (nSPS) is 11.9. The molecular weight excluding hydrogens is 359 g/mol. The second kappa shape index (κ2) is 16.2. The van der Waals surface area contributed by atoms with Crippen LogP contribution in [0.25, 0.3) is 0 Å². The van der Waals surface area contributed by atoms with Gasteiger partial charge in [-0.05, 0) is 0 Å². The molecule has 8 nitrogen and oxygen atoms in total. The van der Waals surface area contributed by atoms with Gasteiger partial charge in [0.25, 0.3) is 0 Å². The van der Waals surface area contributed by atoms with Crippen molar-refractivity contribution >= 4 is 48.7 Å². The van der Waals surface area contributed by atoms with E-state index in [0.29, 0.717) is 0 Å². The van der Waals surface area contributed by atoms with Gasteiger partial charge in [-0.25, -0.2) is 0 Å². The summed E-state index contributed by atoms with van der Waals surface area (Å²) in [4.78, 5) is 0. The van der Waals surface area contributed by atoms with Crippen molar-refractivity contribution < 1.29 is 34.6 Å². The summed E-state index contributed by atoms with van der Waals surface area (Å²) in [6, 6.07) is 0. The van der Waals surface area contributed by atoms with Crippen LogP contribution >= 0.6 is 0 Å². The van der Waals surface area contributed by atoms with Gasteiger partial charge in [-0.2, -0.15) is 16.8 Å². The Morgan fingerprint density at radius 2 is 1.00 bits per heavy atom. The van der Waals surface area contributed by atoms with Gasteiger partial charge in [-0.1, -0.05) is 8.67 Å². The fourth-order valence-electron chi connectivity index (χ4n) is 1.81. The van der Waals surface area contributed by atoms with E-state index in [1.165, 1.54) is 95.8 Å². The molecule has 0 aromatic rings. The molecule has 0 bridgehead atoms. The molecule has 0 radical (unpaired) electrons. The van der Waals surface area contributed by atoms with Crippen molar-refractivity contribution in [2.45, 2.75) is 74.8 Å². The molecule has 0 fully saturated rings. The van der Waals surface area contributed by atoms with Gasteiger partial charge in [0, 0.05) is 0 Å². The van der Waals surface area contributed by atoms with Crippen molar-refractivity contribution in [2.75, 3.05) is 0 Å². The zero-order chi connectivity index (χ0) is 18.2. The average Bonchev–Trinajstić information content (AvgIpc) is 2.43. The molecule has 0 aromatic heterocycles. The molecule has 0 spiro atoms. The molecule has 0 aliphatic rings. The molecule has 0 heterocycles. The molecular formula is C12H27NaO8S2. The second-order valence-electron chi connectivity index (χ2n) is 5.17. The maximum atomic E-state index is 9.51. The molecule has 0 rings (SSSR count). The van der Waals surface area contributed by atoms with Gasteiger partial charge in [0.15, 0.2) is 0 Å². The molecule has 0 aliphatic carbocycles. The average molecular weight is 386 g/mol. The van der Waals surface area contributed by atoms with Gasteiger partial charge < -0.3 is 0 Å². The van der Waals surface area contributed by atoms with Gasteiger partial charge in [0.2, 0.25) is 0 Å². The molecule has 136 valence electrons. The van der Waals surface area contributed by atoms with Crippen LogP contribution < -0.4 is 0 Å². The number of hydrogen-bond donors (Lipinski definition) is 2. The number of hydrogen-bond acceptors (Lipinski definition) is 6. The van der Waals surface area contributed by atoms with E-state index in [1.807, 2.05) is 0 Å². The Kier molecular flexibility index (Phi) is 18.3. The number of rotatable bonds is 13. The topological polar surface area (TPSA) is 127 Å². The summed E-state index contributed by atoms with van der Waals surface area (Å²) >= 11 is 1.41. The van der Waals surface area contributed by atoms with Crippen LogP contribution in [0, 0.1) is 0 Å². The summed E-state index contributed by atoms with van der Waals surface area (Å²) < 4.78 is 60.4. The van der Waals surface area contributed by atoms with Crippen LogP contribution in [0.3, 0.4) is 0 Å². The van der Waals surface area contributed by atoms with E-state index in [0.717, 1.165) is 0 Å². The minimum Gasteiger partial charge on any atom is -0.262 e. The monoisotopic (exact) mass is 386 g/mol. The molecule has 23 heavy (non-hydrogen) atoms. The van der Waals surface area contributed by atoms with Gasteiger partial charge >= 0.3 is 124 Å². The zero-order valence-electron chi connectivity index (χ0n) is 13.9. The van der Waals surface area contributed by atoms with Gasteiger partial charge in [-0.3, -0.25) is 9.11 Å². The maximum absolute atomic E-state index is 9.51. The van der Waals surface area contributed by atoms with E-state index in [9.17, 15) is 16.8 Å². The Hall–Kier alpha value is 0.740. The fraction of sp³-hybridized carbons (Fsp3) is 1.00. The van der Waals surface area contributed by atoms with E-state index in [4.69, 9.17) is 9.11 Å². The first kappa shape index (κ1) is 26.0. The summed E-state index contributed by atoms with van der Waals surface area (Å²) in [6.45, 7) is 2.29. The maximum Gasteiger partial charge on any atom is 0.425 e. The third-order valence-corrected chi connectivity index (χ3v) is 4.18. The number of unbranched alkanes of at least 4 members (excludes halogenated alkanes) is 9. The Balaban J connectivity index is 0. The predicted molar refractivity (Wildman–Crippen MR) is 87.7 cm³/mol. The fourth-order valence-corrected chi connectivity index (χ4v) is 2.87. The van der Waals surface area contributed by atoms with Crippen molar-refractivity contribution in [3.05, 3.63) is 0 Å². The van der Waals surface area contributed by atoms with E-state index < -0.39 is 20.8 Å². The third-order valence-electron chi connectivity index (χ3n) is 2.91. The first-order valence-corrected chi connectivity index (χ1v) is 12.1. The molecule has 0 saturated carbocycles. The molecule has 0 atom stereocenters. The Labute approximate surface area is 157 Å². The molecule has 2 N–H and O–H groups in total. The van der Waals surface area contributed by atoms with Crippen LogP contribution in [0.2, 0.25) is 3.67 Å². The summed E-state index contributed by atoms with van der Waals surface area (Å²) in [5.74, 6) is 0. The van der Waals surface area contributed by atoms with Crippen LogP contribution in [-0.4, -0.2) is 53.9 Å². The summed E-state index contributed by atoms with van der Waals surface area (Å²) in [6.07, 6.45) is 14.7. The first-order chi connectivity index (χ1) is 10.6.